The van der Waals surface area contributed by atoms with Crippen LogP contribution in [0.1, 0.15) is 31.2 Å². The van der Waals surface area contributed by atoms with Crippen LogP contribution in [0.4, 0.5) is 5.69 Å². The summed E-state index contributed by atoms with van der Waals surface area (Å²) >= 11 is 3.62. The minimum atomic E-state index is 1.16. The summed E-state index contributed by atoms with van der Waals surface area (Å²) in [7, 11) is 4.29. The van der Waals surface area contributed by atoms with Gasteiger partial charge in [-0.25, -0.2) is 0 Å². The molecule has 0 amide bonds. The molecule has 19 heavy (non-hydrogen) atoms. The second-order valence-corrected chi connectivity index (χ2v) is 6.64. The first-order valence-electron chi connectivity index (χ1n) is 7.35. The van der Waals surface area contributed by atoms with E-state index in [-0.39, 0.29) is 0 Å². The van der Waals surface area contributed by atoms with Crippen LogP contribution in [0.25, 0.3) is 0 Å². The summed E-state index contributed by atoms with van der Waals surface area (Å²) in [5.74, 6) is 0. The van der Waals surface area contributed by atoms with Crippen molar-refractivity contribution in [2.75, 3.05) is 38.6 Å². The maximum Gasteiger partial charge on any atom is 0.0410 e. The second-order valence-electron chi connectivity index (χ2n) is 5.73. The van der Waals surface area contributed by atoms with Crippen molar-refractivity contribution < 1.29 is 0 Å². The molecule has 2 nitrogen and oxygen atoms in total. The summed E-state index contributed by atoms with van der Waals surface area (Å²) in [6.45, 7) is 3.60. The van der Waals surface area contributed by atoms with Crippen LogP contribution in [0.2, 0.25) is 0 Å². The molecule has 1 saturated heterocycles. The number of piperidine rings is 1. The molecule has 0 saturated carbocycles. The molecule has 1 aromatic rings. The normalized spacial score (nSPS) is 16.1. The van der Waals surface area contributed by atoms with Gasteiger partial charge in [0.1, 0.15) is 0 Å². The molecule has 0 radical (unpaired) electrons. The highest BCUT2D eigenvalue weighted by Gasteiger charge is 2.14. The van der Waals surface area contributed by atoms with Crippen molar-refractivity contribution in [3.8, 4) is 0 Å². The molecule has 0 aromatic heterocycles. The van der Waals surface area contributed by atoms with Crippen molar-refractivity contribution in [1.29, 1.82) is 0 Å². The van der Waals surface area contributed by atoms with Crippen molar-refractivity contribution in [3.63, 3.8) is 0 Å². The second kappa shape index (κ2) is 7.30. The number of nitrogens with zero attached hydrogens (tertiary/aromatic N) is 2. The summed E-state index contributed by atoms with van der Waals surface area (Å²) in [5.41, 5.74) is 2.96. The lowest BCUT2D eigenvalue weighted by atomic mass is 10.0. The monoisotopic (exact) mass is 324 g/mol. The third-order valence-electron chi connectivity index (χ3n) is 3.80. The lowest BCUT2D eigenvalue weighted by molar-refractivity contribution is 0.400. The topological polar surface area (TPSA) is 6.48 Å². The molecule has 0 unspecified atom stereocenters. The number of benzene rings is 1. The van der Waals surface area contributed by atoms with Gasteiger partial charge in [-0.3, -0.25) is 0 Å². The van der Waals surface area contributed by atoms with E-state index in [2.05, 4.69) is 58.0 Å². The van der Waals surface area contributed by atoms with E-state index < -0.39 is 0 Å². The fourth-order valence-electron chi connectivity index (χ4n) is 2.76. The fourth-order valence-corrected chi connectivity index (χ4v) is 3.11. The number of aryl methyl sites for hydroxylation is 1. The van der Waals surface area contributed by atoms with Crippen LogP contribution in [0, 0.1) is 0 Å². The van der Waals surface area contributed by atoms with E-state index in [1.165, 1.54) is 60.9 Å². The van der Waals surface area contributed by atoms with Crippen molar-refractivity contribution >= 4 is 21.6 Å². The van der Waals surface area contributed by atoms with Gasteiger partial charge in [-0.2, -0.15) is 0 Å². The highest BCUT2D eigenvalue weighted by molar-refractivity contribution is 9.10. The highest BCUT2D eigenvalue weighted by Crippen LogP contribution is 2.28. The Morgan fingerprint density at radius 2 is 1.89 bits per heavy atom. The van der Waals surface area contributed by atoms with Gasteiger partial charge in [0.25, 0.3) is 0 Å². The van der Waals surface area contributed by atoms with Crippen LogP contribution >= 0.6 is 15.9 Å². The van der Waals surface area contributed by atoms with Crippen LogP contribution in [0.3, 0.4) is 0 Å². The zero-order valence-electron chi connectivity index (χ0n) is 12.2. The molecule has 2 rings (SSSR count). The van der Waals surface area contributed by atoms with Crippen molar-refractivity contribution in [3.05, 3.63) is 28.2 Å². The highest BCUT2D eigenvalue weighted by atomic mass is 79.9. The van der Waals surface area contributed by atoms with Gasteiger partial charge in [0, 0.05) is 23.2 Å². The molecular formula is C16H25BrN2. The third kappa shape index (κ3) is 4.50. The largest absolute Gasteiger partial charge is 0.371 e. The zero-order chi connectivity index (χ0) is 13.7. The summed E-state index contributed by atoms with van der Waals surface area (Å²) < 4.78 is 1.20. The van der Waals surface area contributed by atoms with E-state index in [1.807, 2.05) is 0 Å². The molecule has 0 spiro atoms. The zero-order valence-corrected chi connectivity index (χ0v) is 13.7. The summed E-state index contributed by atoms with van der Waals surface area (Å²) in [4.78, 5) is 4.83. The van der Waals surface area contributed by atoms with Crippen LogP contribution in [0.15, 0.2) is 22.7 Å². The Hall–Kier alpha value is -0.540. The quantitative estimate of drug-likeness (QED) is 0.809. The number of hydrogen-bond acceptors (Lipinski definition) is 2. The summed E-state index contributed by atoms with van der Waals surface area (Å²) in [6.07, 6.45) is 6.47. The minimum absolute atomic E-state index is 1.16. The minimum Gasteiger partial charge on any atom is -0.371 e. The summed E-state index contributed by atoms with van der Waals surface area (Å²) in [6, 6.07) is 6.78. The average molecular weight is 325 g/mol. The predicted molar refractivity (Wildman–Crippen MR) is 87.1 cm³/mol. The Morgan fingerprint density at radius 3 is 2.58 bits per heavy atom. The number of halogens is 1. The van der Waals surface area contributed by atoms with Crippen molar-refractivity contribution in [1.82, 2.24) is 4.90 Å². The van der Waals surface area contributed by atoms with Crippen LogP contribution in [-0.4, -0.2) is 38.6 Å². The Bertz CT molecular complexity index is 398. The predicted octanol–water partition coefficient (Wildman–Crippen LogP) is 3.93. The molecule has 0 N–H and O–H groups in total. The Balaban J connectivity index is 2.08. The first-order chi connectivity index (χ1) is 9.16. The fraction of sp³-hybridized carbons (Fsp3) is 0.625. The van der Waals surface area contributed by atoms with E-state index >= 15 is 0 Å². The van der Waals surface area contributed by atoms with Gasteiger partial charge in [-0.15, -0.1) is 0 Å². The van der Waals surface area contributed by atoms with Gasteiger partial charge >= 0.3 is 0 Å². The van der Waals surface area contributed by atoms with E-state index in [4.69, 9.17) is 0 Å². The van der Waals surface area contributed by atoms with Gasteiger partial charge < -0.3 is 9.80 Å². The maximum atomic E-state index is 3.62. The summed E-state index contributed by atoms with van der Waals surface area (Å²) in [5, 5.41) is 0. The number of anilines is 1. The molecule has 1 heterocycles. The molecule has 0 bridgehead atoms. The smallest absolute Gasteiger partial charge is 0.0410 e. The molecule has 1 aliphatic rings. The third-order valence-corrected chi connectivity index (χ3v) is 4.29. The van der Waals surface area contributed by atoms with Crippen LogP contribution in [-0.2, 0) is 6.42 Å². The molecule has 0 atom stereocenters. The Morgan fingerprint density at radius 1 is 1.16 bits per heavy atom. The van der Waals surface area contributed by atoms with E-state index in [1.54, 1.807) is 0 Å². The molecule has 1 fully saturated rings. The van der Waals surface area contributed by atoms with E-state index in [0.29, 0.717) is 0 Å². The van der Waals surface area contributed by atoms with Gasteiger partial charge in [0.15, 0.2) is 0 Å². The average Bonchev–Trinajstić information content (AvgIpc) is 2.41. The standard InChI is InChI=1S/C16H25BrN2/c1-18(2)10-6-7-14-8-9-15(17)13-16(14)19-11-4-3-5-12-19/h8-9,13H,3-7,10-12H2,1-2H3. The van der Waals surface area contributed by atoms with E-state index in [9.17, 15) is 0 Å². The van der Waals surface area contributed by atoms with Gasteiger partial charge in [-0.05, 0) is 70.4 Å². The SMILES string of the molecule is CN(C)CCCc1ccc(Br)cc1N1CCCCC1. The lowest BCUT2D eigenvalue weighted by Gasteiger charge is -2.31. The molecule has 1 aromatic carbocycles. The van der Waals surface area contributed by atoms with Crippen LogP contribution in [0.5, 0.6) is 0 Å². The van der Waals surface area contributed by atoms with Crippen molar-refractivity contribution in [2.24, 2.45) is 0 Å². The molecule has 106 valence electrons. The molecule has 3 heteroatoms. The van der Waals surface area contributed by atoms with Gasteiger partial charge in [0.2, 0.25) is 0 Å². The first kappa shape index (κ1) is 14.9. The number of hydrogen-bond donors (Lipinski definition) is 0. The number of rotatable bonds is 5. The molecule has 0 aliphatic carbocycles. The van der Waals surface area contributed by atoms with Crippen molar-refractivity contribution in [2.45, 2.75) is 32.1 Å². The first-order valence-corrected chi connectivity index (χ1v) is 8.14. The molecule has 1 aliphatic heterocycles. The Labute approximate surface area is 125 Å². The maximum absolute atomic E-state index is 3.62. The Kier molecular flexibility index (Phi) is 5.71. The van der Waals surface area contributed by atoms with Gasteiger partial charge in [0.05, 0.1) is 0 Å². The van der Waals surface area contributed by atoms with Gasteiger partial charge in [-0.1, -0.05) is 22.0 Å². The van der Waals surface area contributed by atoms with Crippen LogP contribution < -0.4 is 4.90 Å². The molecular weight excluding hydrogens is 300 g/mol. The van der Waals surface area contributed by atoms with E-state index in [0.717, 1.165) is 6.54 Å². The lowest BCUT2D eigenvalue weighted by Crippen LogP contribution is -2.30.